The van der Waals surface area contributed by atoms with Crippen molar-refractivity contribution < 1.29 is 0 Å². The van der Waals surface area contributed by atoms with Crippen LogP contribution in [0.15, 0.2) is 11.1 Å². The largest absolute Gasteiger partial charge is 0.369 e. The minimum atomic E-state index is -0.341. The van der Waals surface area contributed by atoms with E-state index in [9.17, 15) is 4.79 Å². The van der Waals surface area contributed by atoms with Gasteiger partial charge < -0.3 is 16.0 Å². The lowest BCUT2D eigenvalue weighted by Crippen LogP contribution is -2.14. The van der Waals surface area contributed by atoms with Gasteiger partial charge in [0.1, 0.15) is 5.02 Å². The van der Waals surface area contributed by atoms with Gasteiger partial charge in [0.25, 0.3) is 5.56 Å². The van der Waals surface area contributed by atoms with Gasteiger partial charge in [-0.15, -0.1) is 0 Å². The molecule has 0 aromatic carbocycles. The lowest BCUT2D eigenvalue weighted by atomic mass is 10.4. The van der Waals surface area contributed by atoms with Gasteiger partial charge in [0.05, 0.1) is 6.33 Å². The molecule has 72 valence electrons. The first-order valence-electron chi connectivity index (χ1n) is 3.93. The summed E-state index contributed by atoms with van der Waals surface area (Å²) >= 11 is 5.67. The summed E-state index contributed by atoms with van der Waals surface area (Å²) in [5, 5.41) is 2.99. The van der Waals surface area contributed by atoms with Crippen molar-refractivity contribution in [3.8, 4) is 0 Å². The molecule has 0 unspecified atom stereocenters. The van der Waals surface area contributed by atoms with Crippen LogP contribution in [0.5, 0.6) is 0 Å². The Labute approximate surface area is 80.3 Å². The fourth-order valence-electron chi connectivity index (χ4n) is 0.815. The van der Waals surface area contributed by atoms with Gasteiger partial charge in [-0.25, -0.2) is 4.98 Å². The fraction of sp³-hybridized carbons (Fsp3) is 0.429. The van der Waals surface area contributed by atoms with E-state index in [1.54, 1.807) is 0 Å². The molecule has 0 spiro atoms. The molecule has 13 heavy (non-hydrogen) atoms. The van der Waals surface area contributed by atoms with Crippen molar-refractivity contribution in [2.75, 3.05) is 18.4 Å². The van der Waals surface area contributed by atoms with E-state index in [4.69, 9.17) is 17.3 Å². The summed E-state index contributed by atoms with van der Waals surface area (Å²) in [4.78, 5) is 17.2. The van der Waals surface area contributed by atoms with Crippen LogP contribution in [0.1, 0.15) is 6.42 Å². The molecule has 1 rings (SSSR count). The van der Waals surface area contributed by atoms with Crippen LogP contribution < -0.4 is 16.6 Å². The molecule has 0 fully saturated rings. The Balaban J connectivity index is 2.66. The molecule has 1 aromatic rings. The van der Waals surface area contributed by atoms with Crippen molar-refractivity contribution >= 4 is 17.4 Å². The molecular formula is C7H11ClN4O. The summed E-state index contributed by atoms with van der Waals surface area (Å²) in [6.45, 7) is 1.25. The summed E-state index contributed by atoms with van der Waals surface area (Å²) < 4.78 is 0. The van der Waals surface area contributed by atoms with Gasteiger partial charge in [-0.2, -0.15) is 0 Å². The van der Waals surface area contributed by atoms with Crippen LogP contribution in [0, 0.1) is 0 Å². The Kier molecular flexibility index (Phi) is 3.72. The number of aromatic nitrogens is 2. The van der Waals surface area contributed by atoms with Gasteiger partial charge in [0, 0.05) is 6.54 Å². The molecule has 0 saturated heterocycles. The van der Waals surface area contributed by atoms with E-state index in [0.29, 0.717) is 18.9 Å². The number of rotatable bonds is 4. The number of hydrogen-bond donors (Lipinski definition) is 3. The van der Waals surface area contributed by atoms with Gasteiger partial charge in [-0.3, -0.25) is 4.79 Å². The van der Waals surface area contributed by atoms with Crippen molar-refractivity contribution in [2.24, 2.45) is 5.73 Å². The number of H-pyrrole nitrogens is 1. The van der Waals surface area contributed by atoms with E-state index in [1.807, 2.05) is 0 Å². The van der Waals surface area contributed by atoms with E-state index in [1.165, 1.54) is 6.33 Å². The molecule has 1 aromatic heterocycles. The maximum absolute atomic E-state index is 11.0. The maximum atomic E-state index is 11.0. The molecule has 0 aliphatic rings. The normalized spacial score (nSPS) is 10.0. The highest BCUT2D eigenvalue weighted by Gasteiger charge is 2.03. The Morgan fingerprint density at radius 3 is 3.15 bits per heavy atom. The number of hydrogen-bond acceptors (Lipinski definition) is 4. The summed E-state index contributed by atoms with van der Waals surface area (Å²) in [5.41, 5.74) is 4.96. The van der Waals surface area contributed by atoms with Gasteiger partial charge in [-0.1, -0.05) is 11.6 Å². The molecule has 0 saturated carbocycles. The van der Waals surface area contributed by atoms with Crippen molar-refractivity contribution in [3.05, 3.63) is 21.7 Å². The van der Waals surface area contributed by atoms with Crippen LogP contribution in [-0.4, -0.2) is 23.1 Å². The monoisotopic (exact) mass is 202 g/mol. The third-order valence-electron chi connectivity index (χ3n) is 1.47. The third-order valence-corrected chi connectivity index (χ3v) is 1.82. The van der Waals surface area contributed by atoms with Crippen LogP contribution in [0.25, 0.3) is 0 Å². The number of nitrogens with zero attached hydrogens (tertiary/aromatic N) is 1. The second-order valence-electron chi connectivity index (χ2n) is 2.46. The Bertz CT molecular complexity index is 325. The first-order valence-corrected chi connectivity index (χ1v) is 4.30. The average Bonchev–Trinajstić information content (AvgIpc) is 2.13. The second-order valence-corrected chi connectivity index (χ2v) is 2.84. The van der Waals surface area contributed by atoms with E-state index >= 15 is 0 Å². The predicted molar refractivity (Wildman–Crippen MR) is 52.0 cm³/mol. The zero-order chi connectivity index (χ0) is 9.68. The van der Waals surface area contributed by atoms with E-state index in [0.717, 1.165) is 6.42 Å². The van der Waals surface area contributed by atoms with E-state index < -0.39 is 0 Å². The van der Waals surface area contributed by atoms with Crippen LogP contribution in [0.4, 0.5) is 5.82 Å². The van der Waals surface area contributed by atoms with Crippen molar-refractivity contribution in [1.82, 2.24) is 9.97 Å². The first-order chi connectivity index (χ1) is 6.25. The molecule has 0 aliphatic carbocycles. The average molecular weight is 203 g/mol. The quantitative estimate of drug-likeness (QED) is 0.609. The number of nitrogens with one attached hydrogen (secondary N) is 2. The number of nitrogens with two attached hydrogens (primary N) is 1. The summed E-state index contributed by atoms with van der Waals surface area (Å²) in [6.07, 6.45) is 2.11. The lowest BCUT2D eigenvalue weighted by Gasteiger charge is -2.04. The summed E-state index contributed by atoms with van der Waals surface area (Å²) in [6, 6.07) is 0. The molecule has 4 N–H and O–H groups in total. The molecule has 6 heteroatoms. The molecule has 0 radical (unpaired) electrons. The highest BCUT2D eigenvalue weighted by molar-refractivity contribution is 6.32. The standard InChI is InChI=1S/C7H11ClN4O/c8-5-6(10-3-1-2-9)11-4-12-7(5)13/h4H,1-3,9H2,(H2,10,11,12,13). The van der Waals surface area contributed by atoms with Gasteiger partial charge in [0.2, 0.25) is 0 Å². The number of halogens is 1. The van der Waals surface area contributed by atoms with Gasteiger partial charge in [0.15, 0.2) is 5.82 Å². The van der Waals surface area contributed by atoms with Crippen LogP contribution in [0.3, 0.4) is 0 Å². The second kappa shape index (κ2) is 4.84. The molecular weight excluding hydrogens is 192 g/mol. The van der Waals surface area contributed by atoms with Crippen LogP contribution in [0.2, 0.25) is 5.02 Å². The summed E-state index contributed by atoms with van der Waals surface area (Å²) in [7, 11) is 0. The fourth-order valence-corrected chi connectivity index (χ4v) is 0.985. The minimum absolute atomic E-state index is 0.0829. The van der Waals surface area contributed by atoms with Crippen LogP contribution >= 0.6 is 11.6 Å². The molecule has 0 bridgehead atoms. The zero-order valence-electron chi connectivity index (χ0n) is 7.01. The van der Waals surface area contributed by atoms with Gasteiger partial charge >= 0.3 is 0 Å². The highest BCUT2D eigenvalue weighted by atomic mass is 35.5. The molecule has 0 amide bonds. The predicted octanol–water partition coefficient (Wildman–Crippen LogP) is 0.184. The topological polar surface area (TPSA) is 83.8 Å². The Hall–Kier alpha value is -1.07. The highest BCUT2D eigenvalue weighted by Crippen LogP contribution is 2.11. The van der Waals surface area contributed by atoms with Crippen LogP contribution in [-0.2, 0) is 0 Å². The Morgan fingerprint density at radius 1 is 1.69 bits per heavy atom. The van der Waals surface area contributed by atoms with Crippen molar-refractivity contribution in [3.63, 3.8) is 0 Å². The SMILES string of the molecule is NCCCNc1nc[nH]c(=O)c1Cl. The van der Waals surface area contributed by atoms with E-state index in [-0.39, 0.29) is 10.6 Å². The molecule has 0 aliphatic heterocycles. The Morgan fingerprint density at radius 2 is 2.46 bits per heavy atom. The lowest BCUT2D eigenvalue weighted by molar-refractivity contribution is 0.868. The maximum Gasteiger partial charge on any atom is 0.271 e. The molecule has 0 atom stereocenters. The molecule has 5 nitrogen and oxygen atoms in total. The first kappa shape index (κ1) is 10.0. The summed E-state index contributed by atoms with van der Waals surface area (Å²) in [5.74, 6) is 0.402. The van der Waals surface area contributed by atoms with Crippen molar-refractivity contribution in [2.45, 2.75) is 6.42 Å². The molecule has 1 heterocycles. The van der Waals surface area contributed by atoms with Gasteiger partial charge in [-0.05, 0) is 13.0 Å². The van der Waals surface area contributed by atoms with Crippen molar-refractivity contribution in [1.29, 1.82) is 0 Å². The number of aromatic amines is 1. The number of anilines is 1. The van der Waals surface area contributed by atoms with E-state index in [2.05, 4.69) is 15.3 Å². The smallest absolute Gasteiger partial charge is 0.271 e. The zero-order valence-corrected chi connectivity index (χ0v) is 7.77. The minimum Gasteiger partial charge on any atom is -0.369 e. The third kappa shape index (κ3) is 2.71.